The number of carbonyl (C=O) groups is 2. The van der Waals surface area contributed by atoms with Crippen LogP contribution < -0.4 is 4.74 Å². The van der Waals surface area contributed by atoms with Crippen LogP contribution in [0.3, 0.4) is 0 Å². The van der Waals surface area contributed by atoms with Gasteiger partial charge in [-0.25, -0.2) is 0 Å². The highest BCUT2D eigenvalue weighted by Gasteiger charge is 2.27. The number of aryl methyl sites for hydroxylation is 1. The molecule has 0 saturated carbocycles. The highest BCUT2D eigenvalue weighted by molar-refractivity contribution is 5.78. The van der Waals surface area contributed by atoms with Crippen LogP contribution in [-0.2, 0) is 16.0 Å². The van der Waals surface area contributed by atoms with E-state index in [4.69, 9.17) is 9.84 Å². The van der Waals surface area contributed by atoms with Crippen LogP contribution in [-0.4, -0.2) is 41.6 Å². The van der Waals surface area contributed by atoms with Crippen molar-refractivity contribution >= 4 is 11.9 Å². The largest absolute Gasteiger partial charge is 0.494 e. The maximum atomic E-state index is 12.3. The Hall–Kier alpha value is -2.04. The summed E-state index contributed by atoms with van der Waals surface area (Å²) >= 11 is 0. The number of likely N-dealkylation sites (tertiary alicyclic amines) is 1. The van der Waals surface area contributed by atoms with Crippen LogP contribution in [0.15, 0.2) is 24.3 Å². The molecule has 1 unspecified atom stereocenters. The highest BCUT2D eigenvalue weighted by atomic mass is 16.5. The second kappa shape index (κ2) is 7.82. The number of carboxylic acid groups (broad SMARTS) is 1. The number of carboxylic acids is 1. The summed E-state index contributed by atoms with van der Waals surface area (Å²) in [4.78, 5) is 25.1. The molecule has 1 aliphatic rings. The molecule has 1 N–H and O–H groups in total. The van der Waals surface area contributed by atoms with E-state index >= 15 is 0 Å². The maximum Gasteiger partial charge on any atom is 0.308 e. The highest BCUT2D eigenvalue weighted by Crippen LogP contribution is 2.21. The molecule has 0 aromatic heterocycles. The van der Waals surface area contributed by atoms with Gasteiger partial charge in [-0.05, 0) is 37.8 Å². The van der Waals surface area contributed by atoms with Gasteiger partial charge in [0.05, 0.1) is 12.5 Å². The molecule has 1 heterocycles. The quantitative estimate of drug-likeness (QED) is 0.876. The number of carbonyl (C=O) groups excluding carboxylic acids is 1. The van der Waals surface area contributed by atoms with Crippen molar-refractivity contribution in [2.24, 2.45) is 5.92 Å². The van der Waals surface area contributed by atoms with Crippen LogP contribution in [0.2, 0.25) is 0 Å². The molecule has 1 amide bonds. The number of hydrogen-bond donors (Lipinski definition) is 1. The van der Waals surface area contributed by atoms with Crippen molar-refractivity contribution in [1.29, 1.82) is 0 Å². The summed E-state index contributed by atoms with van der Waals surface area (Å²) in [6.45, 7) is 3.52. The topological polar surface area (TPSA) is 66.8 Å². The van der Waals surface area contributed by atoms with Gasteiger partial charge in [0, 0.05) is 19.5 Å². The third-order valence-electron chi connectivity index (χ3n) is 4.00. The van der Waals surface area contributed by atoms with Crippen LogP contribution in [0.4, 0.5) is 0 Å². The monoisotopic (exact) mass is 305 g/mol. The first kappa shape index (κ1) is 16.3. The summed E-state index contributed by atoms with van der Waals surface area (Å²) in [5, 5.41) is 9.09. The Morgan fingerprint density at radius 2 is 2.14 bits per heavy atom. The van der Waals surface area contributed by atoms with Gasteiger partial charge >= 0.3 is 5.97 Å². The third kappa shape index (κ3) is 4.23. The predicted octanol–water partition coefficient (Wildman–Crippen LogP) is 2.34. The van der Waals surface area contributed by atoms with Crippen LogP contribution >= 0.6 is 0 Å². The predicted molar refractivity (Wildman–Crippen MR) is 82.9 cm³/mol. The van der Waals surface area contributed by atoms with Gasteiger partial charge in [0.2, 0.25) is 5.91 Å². The Bertz CT molecular complexity index is 529. The number of piperidine rings is 1. The first-order valence-corrected chi connectivity index (χ1v) is 7.83. The number of nitrogens with zero attached hydrogens (tertiary/aromatic N) is 1. The Morgan fingerprint density at radius 3 is 2.86 bits per heavy atom. The average molecular weight is 305 g/mol. The molecule has 1 aromatic rings. The summed E-state index contributed by atoms with van der Waals surface area (Å²) in [6, 6.07) is 7.72. The minimum absolute atomic E-state index is 0.0252. The lowest BCUT2D eigenvalue weighted by Gasteiger charge is -2.30. The molecule has 0 spiro atoms. The Morgan fingerprint density at radius 1 is 1.36 bits per heavy atom. The smallest absolute Gasteiger partial charge is 0.308 e. The van der Waals surface area contributed by atoms with Crippen molar-refractivity contribution in [2.75, 3.05) is 19.7 Å². The van der Waals surface area contributed by atoms with Gasteiger partial charge in [-0.1, -0.05) is 18.2 Å². The molecule has 0 radical (unpaired) electrons. The van der Waals surface area contributed by atoms with Crippen LogP contribution in [0.5, 0.6) is 5.75 Å². The second-order valence-electron chi connectivity index (χ2n) is 5.56. The average Bonchev–Trinajstić information content (AvgIpc) is 2.54. The SMILES string of the molecule is CCOc1ccccc1CCC(=O)N1CCCC(C(=O)O)C1. The number of ether oxygens (including phenoxy) is 1. The van der Waals surface area contributed by atoms with Crippen LogP contribution in [0, 0.1) is 5.92 Å². The summed E-state index contributed by atoms with van der Waals surface area (Å²) in [6.07, 6.45) is 2.42. The molecule has 1 aliphatic heterocycles. The van der Waals surface area contributed by atoms with Crippen molar-refractivity contribution in [3.63, 3.8) is 0 Å². The lowest BCUT2D eigenvalue weighted by Crippen LogP contribution is -2.42. The number of aliphatic carboxylic acids is 1. The maximum absolute atomic E-state index is 12.3. The van der Waals surface area contributed by atoms with Gasteiger partial charge in [-0.2, -0.15) is 0 Å². The van der Waals surface area contributed by atoms with Crippen molar-refractivity contribution in [3.8, 4) is 5.75 Å². The van der Waals surface area contributed by atoms with Crippen molar-refractivity contribution in [1.82, 2.24) is 4.90 Å². The number of benzene rings is 1. The zero-order valence-corrected chi connectivity index (χ0v) is 13.0. The van der Waals surface area contributed by atoms with Crippen molar-refractivity contribution in [2.45, 2.75) is 32.6 Å². The van der Waals surface area contributed by atoms with Gasteiger partial charge in [0.1, 0.15) is 5.75 Å². The molecule has 22 heavy (non-hydrogen) atoms. The van der Waals surface area contributed by atoms with E-state index in [-0.39, 0.29) is 5.91 Å². The molecule has 1 saturated heterocycles. The zero-order valence-electron chi connectivity index (χ0n) is 13.0. The molecule has 1 atom stereocenters. The van der Waals surface area contributed by atoms with Crippen molar-refractivity contribution in [3.05, 3.63) is 29.8 Å². The van der Waals surface area contributed by atoms with Crippen LogP contribution in [0.1, 0.15) is 31.7 Å². The fourth-order valence-corrected chi connectivity index (χ4v) is 2.81. The summed E-state index contributed by atoms with van der Waals surface area (Å²) in [7, 11) is 0. The minimum Gasteiger partial charge on any atom is -0.494 e. The fraction of sp³-hybridized carbons (Fsp3) is 0.529. The number of para-hydroxylation sites is 1. The van der Waals surface area contributed by atoms with E-state index in [9.17, 15) is 9.59 Å². The lowest BCUT2D eigenvalue weighted by molar-refractivity contribution is -0.145. The number of amides is 1. The van der Waals surface area contributed by atoms with Crippen LogP contribution in [0.25, 0.3) is 0 Å². The van der Waals surface area contributed by atoms with Gasteiger partial charge in [0.25, 0.3) is 0 Å². The van der Waals surface area contributed by atoms with Gasteiger partial charge in [-0.15, -0.1) is 0 Å². The summed E-state index contributed by atoms with van der Waals surface area (Å²) < 4.78 is 5.56. The van der Waals surface area contributed by atoms with Crippen molar-refractivity contribution < 1.29 is 19.4 Å². The van der Waals surface area contributed by atoms with E-state index in [2.05, 4.69) is 0 Å². The third-order valence-corrected chi connectivity index (χ3v) is 4.00. The number of hydrogen-bond acceptors (Lipinski definition) is 3. The van der Waals surface area contributed by atoms with Gasteiger partial charge in [0.15, 0.2) is 0 Å². The molecule has 0 aliphatic carbocycles. The molecule has 1 fully saturated rings. The normalized spacial score (nSPS) is 18.0. The molecular weight excluding hydrogens is 282 g/mol. The summed E-state index contributed by atoms with van der Waals surface area (Å²) in [5.74, 6) is -0.385. The number of rotatable bonds is 6. The van der Waals surface area contributed by atoms with E-state index < -0.39 is 11.9 Å². The van der Waals surface area contributed by atoms with E-state index in [1.54, 1.807) is 4.90 Å². The fourth-order valence-electron chi connectivity index (χ4n) is 2.81. The second-order valence-corrected chi connectivity index (χ2v) is 5.56. The molecule has 5 heteroatoms. The summed E-state index contributed by atoms with van der Waals surface area (Å²) in [5.41, 5.74) is 1.02. The molecule has 5 nitrogen and oxygen atoms in total. The molecule has 2 rings (SSSR count). The molecule has 0 bridgehead atoms. The first-order chi connectivity index (χ1) is 10.6. The van der Waals surface area contributed by atoms with E-state index in [1.165, 1.54) is 0 Å². The van der Waals surface area contributed by atoms with E-state index in [0.717, 1.165) is 17.7 Å². The molecule has 1 aromatic carbocycles. The minimum atomic E-state index is -0.806. The molecular formula is C17H23NO4. The zero-order chi connectivity index (χ0) is 15.9. The Kier molecular flexibility index (Phi) is 5.81. The van der Waals surface area contributed by atoms with Gasteiger partial charge in [-0.3, -0.25) is 9.59 Å². The Balaban J connectivity index is 1.91. The van der Waals surface area contributed by atoms with Gasteiger partial charge < -0.3 is 14.7 Å². The lowest BCUT2D eigenvalue weighted by atomic mass is 9.97. The standard InChI is InChI=1S/C17H23NO4/c1-2-22-15-8-4-3-6-13(15)9-10-16(19)18-11-5-7-14(12-18)17(20)21/h3-4,6,8,14H,2,5,7,9-12H2,1H3,(H,20,21). The molecule has 120 valence electrons. The van der Waals surface area contributed by atoms with E-state index in [0.29, 0.717) is 39.0 Å². The first-order valence-electron chi connectivity index (χ1n) is 7.83. The Labute approximate surface area is 130 Å². The van der Waals surface area contributed by atoms with E-state index in [1.807, 2.05) is 31.2 Å².